The summed E-state index contributed by atoms with van der Waals surface area (Å²) in [4.78, 5) is 13.0. The van der Waals surface area contributed by atoms with Crippen molar-refractivity contribution in [2.75, 3.05) is 0 Å². The maximum atomic E-state index is 12.0. The number of ether oxygens (including phenoxy) is 1. The second-order valence-electron chi connectivity index (χ2n) is 5.01. The van der Waals surface area contributed by atoms with Gasteiger partial charge in [0, 0.05) is 11.1 Å². The van der Waals surface area contributed by atoms with Gasteiger partial charge in [-0.1, -0.05) is 49.6 Å². The van der Waals surface area contributed by atoms with Gasteiger partial charge >= 0.3 is 5.97 Å². The van der Waals surface area contributed by atoms with E-state index in [1.165, 1.54) is 0 Å². The van der Waals surface area contributed by atoms with Gasteiger partial charge in [0.25, 0.3) is 0 Å². The van der Waals surface area contributed by atoms with Crippen molar-refractivity contribution in [2.24, 2.45) is 0 Å². The molecule has 3 heteroatoms. The van der Waals surface area contributed by atoms with Crippen LogP contribution in [0.15, 0.2) is 60.5 Å². The van der Waals surface area contributed by atoms with Crippen molar-refractivity contribution in [1.82, 2.24) is 0 Å². The van der Waals surface area contributed by atoms with E-state index in [2.05, 4.69) is 13.2 Å². The summed E-state index contributed by atoms with van der Waals surface area (Å²) in [6.45, 7) is 11.0. The molecule has 2 nitrogen and oxygen atoms in total. The Balaban J connectivity index is 2.46. The molecule has 0 amide bonds. The molecule has 21 heavy (non-hydrogen) atoms. The smallest absolute Gasteiger partial charge is 0.334 e. The number of esters is 1. The highest BCUT2D eigenvalue weighted by molar-refractivity contribution is 7.10. The molecule has 0 saturated carbocycles. The second kappa shape index (κ2) is 6.10. The Morgan fingerprint density at radius 2 is 1.95 bits per heavy atom. The topological polar surface area (TPSA) is 26.3 Å². The van der Waals surface area contributed by atoms with Gasteiger partial charge in [0.15, 0.2) is 5.60 Å². The largest absolute Gasteiger partial charge is 0.445 e. The van der Waals surface area contributed by atoms with Gasteiger partial charge in [-0.15, -0.1) is 11.3 Å². The molecule has 1 aromatic carbocycles. The summed E-state index contributed by atoms with van der Waals surface area (Å²) in [6.07, 6.45) is 1.78. The van der Waals surface area contributed by atoms with E-state index in [1.807, 2.05) is 48.7 Å². The molecule has 0 N–H and O–H groups in total. The number of hydrogen-bond donors (Lipinski definition) is 0. The zero-order valence-corrected chi connectivity index (χ0v) is 13.1. The number of hydrogen-bond acceptors (Lipinski definition) is 3. The van der Waals surface area contributed by atoms with Crippen LogP contribution in [-0.2, 0) is 15.1 Å². The molecular formula is C18H18O2S. The van der Waals surface area contributed by atoms with E-state index in [0.29, 0.717) is 5.57 Å². The molecule has 1 heterocycles. The minimum absolute atomic E-state index is 0.389. The average Bonchev–Trinajstić information content (AvgIpc) is 3.02. The highest BCUT2D eigenvalue weighted by atomic mass is 32.1. The Kier molecular flexibility index (Phi) is 4.43. The van der Waals surface area contributed by atoms with Crippen LogP contribution in [0.4, 0.5) is 0 Å². The van der Waals surface area contributed by atoms with E-state index in [9.17, 15) is 4.79 Å². The number of rotatable bonds is 5. The predicted molar refractivity (Wildman–Crippen MR) is 88.2 cm³/mol. The van der Waals surface area contributed by atoms with Gasteiger partial charge in [0.05, 0.1) is 4.88 Å². The lowest BCUT2D eigenvalue weighted by Crippen LogP contribution is -2.30. The molecule has 0 aliphatic rings. The summed E-state index contributed by atoms with van der Waals surface area (Å²) >= 11 is 1.56. The lowest BCUT2D eigenvalue weighted by molar-refractivity contribution is -0.150. The van der Waals surface area contributed by atoms with Crippen LogP contribution in [0.3, 0.4) is 0 Å². The van der Waals surface area contributed by atoms with Gasteiger partial charge < -0.3 is 4.74 Å². The van der Waals surface area contributed by atoms with E-state index in [4.69, 9.17) is 4.74 Å². The van der Waals surface area contributed by atoms with Crippen LogP contribution >= 0.6 is 11.3 Å². The molecule has 2 aromatic rings. The highest BCUT2D eigenvalue weighted by Gasteiger charge is 2.34. The molecule has 1 atom stereocenters. The normalized spacial score (nSPS) is 13.2. The fourth-order valence-corrected chi connectivity index (χ4v) is 2.86. The molecular weight excluding hydrogens is 280 g/mol. The maximum absolute atomic E-state index is 12.0. The summed E-state index contributed by atoms with van der Waals surface area (Å²) in [7, 11) is 0. The van der Waals surface area contributed by atoms with E-state index < -0.39 is 11.6 Å². The van der Waals surface area contributed by atoms with Gasteiger partial charge in [0.2, 0.25) is 0 Å². The zero-order chi connectivity index (χ0) is 15.5. The van der Waals surface area contributed by atoms with Gasteiger partial charge in [-0.3, -0.25) is 0 Å². The lowest BCUT2D eigenvalue weighted by atomic mass is 9.93. The van der Waals surface area contributed by atoms with Crippen molar-refractivity contribution in [1.29, 1.82) is 0 Å². The van der Waals surface area contributed by atoms with Crippen LogP contribution in [0.2, 0.25) is 0 Å². The number of thiophene rings is 1. The molecule has 108 valence electrons. The van der Waals surface area contributed by atoms with Crippen molar-refractivity contribution in [3.8, 4) is 0 Å². The summed E-state index contributed by atoms with van der Waals surface area (Å²) in [5.41, 5.74) is 1.52. The summed E-state index contributed by atoms with van der Waals surface area (Å²) in [6, 6.07) is 11.8. The Morgan fingerprint density at radius 3 is 2.43 bits per heavy atom. The Hall–Kier alpha value is -2.13. The Bertz CT molecular complexity index is 653. The number of benzene rings is 1. The zero-order valence-electron chi connectivity index (χ0n) is 12.3. The fourth-order valence-electron chi connectivity index (χ4n) is 2.01. The molecule has 0 saturated heterocycles. The van der Waals surface area contributed by atoms with Crippen molar-refractivity contribution in [3.05, 3.63) is 76.5 Å². The SMILES string of the molecule is C=Cc1ccc(C(C)(OC(=O)C(=C)C)c2cccs2)cc1. The van der Waals surface area contributed by atoms with E-state index in [0.717, 1.165) is 16.0 Å². The molecule has 0 aliphatic heterocycles. The monoisotopic (exact) mass is 298 g/mol. The standard InChI is InChI=1S/C18H18O2S/c1-5-14-8-10-15(11-9-14)18(4,16-7-6-12-21-16)20-17(19)13(2)3/h5-12H,1-2H2,3-4H3. The maximum Gasteiger partial charge on any atom is 0.334 e. The summed E-state index contributed by atoms with van der Waals surface area (Å²) in [5.74, 6) is -0.390. The van der Waals surface area contributed by atoms with Gasteiger partial charge in [0.1, 0.15) is 0 Å². The second-order valence-corrected chi connectivity index (χ2v) is 5.95. The Labute approximate surface area is 129 Å². The van der Waals surface area contributed by atoms with Gasteiger partial charge in [-0.2, -0.15) is 0 Å². The van der Waals surface area contributed by atoms with Crippen LogP contribution < -0.4 is 0 Å². The molecule has 2 rings (SSSR count). The fraction of sp³-hybridized carbons (Fsp3) is 0.167. The molecule has 0 radical (unpaired) electrons. The molecule has 0 aliphatic carbocycles. The highest BCUT2D eigenvalue weighted by Crippen LogP contribution is 2.37. The third-order valence-electron chi connectivity index (χ3n) is 3.33. The number of carbonyl (C=O) groups excluding carboxylic acids is 1. The molecule has 1 aromatic heterocycles. The lowest BCUT2D eigenvalue weighted by Gasteiger charge is -2.29. The third-order valence-corrected chi connectivity index (χ3v) is 4.41. The third kappa shape index (κ3) is 3.14. The minimum atomic E-state index is -0.816. The van der Waals surface area contributed by atoms with Crippen molar-refractivity contribution < 1.29 is 9.53 Å². The van der Waals surface area contributed by atoms with Crippen LogP contribution in [0, 0.1) is 0 Å². The van der Waals surface area contributed by atoms with Crippen LogP contribution in [0.5, 0.6) is 0 Å². The number of carbonyl (C=O) groups is 1. The van der Waals surface area contributed by atoms with Crippen molar-refractivity contribution in [2.45, 2.75) is 19.4 Å². The quantitative estimate of drug-likeness (QED) is 0.587. The first-order chi connectivity index (χ1) is 9.97. The first-order valence-electron chi connectivity index (χ1n) is 6.63. The molecule has 0 bridgehead atoms. The van der Waals surface area contributed by atoms with Gasteiger partial charge in [-0.25, -0.2) is 4.79 Å². The van der Waals surface area contributed by atoms with Crippen LogP contribution in [-0.4, -0.2) is 5.97 Å². The van der Waals surface area contributed by atoms with E-state index in [-0.39, 0.29) is 0 Å². The van der Waals surface area contributed by atoms with Crippen molar-refractivity contribution >= 4 is 23.4 Å². The minimum Gasteiger partial charge on any atom is -0.445 e. The first-order valence-corrected chi connectivity index (χ1v) is 7.51. The molecule has 0 spiro atoms. The molecule has 1 unspecified atom stereocenters. The Morgan fingerprint density at radius 1 is 1.29 bits per heavy atom. The van der Waals surface area contributed by atoms with Crippen molar-refractivity contribution in [3.63, 3.8) is 0 Å². The van der Waals surface area contributed by atoms with Crippen LogP contribution in [0.1, 0.15) is 29.9 Å². The van der Waals surface area contributed by atoms with E-state index in [1.54, 1.807) is 24.3 Å². The summed E-state index contributed by atoms with van der Waals surface area (Å²) in [5, 5.41) is 1.97. The average molecular weight is 298 g/mol. The molecule has 0 fully saturated rings. The summed E-state index contributed by atoms with van der Waals surface area (Å²) < 4.78 is 5.75. The van der Waals surface area contributed by atoms with Crippen LogP contribution in [0.25, 0.3) is 6.08 Å². The van der Waals surface area contributed by atoms with E-state index >= 15 is 0 Å². The predicted octanol–water partition coefficient (Wildman–Crippen LogP) is 4.77. The first kappa shape index (κ1) is 15.3. The van der Waals surface area contributed by atoms with Gasteiger partial charge in [-0.05, 0) is 30.9 Å².